The number of nitrogens with zero attached hydrogens (tertiary/aromatic N) is 6. The Labute approximate surface area is 204 Å². The molecule has 9 nitrogen and oxygen atoms in total. The Hall–Kier alpha value is -3.86. The molecule has 3 aromatic heterocycles. The van der Waals surface area contributed by atoms with Gasteiger partial charge in [-0.2, -0.15) is 4.98 Å². The van der Waals surface area contributed by atoms with Gasteiger partial charge in [0, 0.05) is 30.7 Å². The summed E-state index contributed by atoms with van der Waals surface area (Å²) in [6.45, 7) is 1.07. The van der Waals surface area contributed by atoms with Gasteiger partial charge >= 0.3 is 0 Å². The van der Waals surface area contributed by atoms with Crippen LogP contribution in [-0.2, 0) is 13.0 Å². The van der Waals surface area contributed by atoms with Crippen molar-refractivity contribution in [2.75, 3.05) is 29.9 Å². The zero-order chi connectivity index (χ0) is 24.4. The first-order chi connectivity index (χ1) is 17.4. The molecule has 5 heterocycles. The highest BCUT2D eigenvalue weighted by Gasteiger charge is 2.44. The predicted molar refractivity (Wildman–Crippen MR) is 131 cm³/mol. The summed E-state index contributed by atoms with van der Waals surface area (Å²) in [5.74, 6) is -1.87. The van der Waals surface area contributed by atoms with E-state index < -0.39 is 5.92 Å². The van der Waals surface area contributed by atoms with Gasteiger partial charge in [0.2, 0.25) is 5.95 Å². The van der Waals surface area contributed by atoms with Gasteiger partial charge in [-0.3, -0.25) is 4.79 Å². The van der Waals surface area contributed by atoms with Crippen LogP contribution in [0.15, 0.2) is 47.5 Å². The number of aromatic nitrogens is 5. The Kier molecular flexibility index (Phi) is 4.65. The van der Waals surface area contributed by atoms with Crippen LogP contribution in [0.25, 0.3) is 16.7 Å². The van der Waals surface area contributed by atoms with Gasteiger partial charge in [-0.25, -0.2) is 28.1 Å². The fourth-order valence-electron chi connectivity index (χ4n) is 5.03. The van der Waals surface area contributed by atoms with Crippen molar-refractivity contribution >= 4 is 28.5 Å². The van der Waals surface area contributed by atoms with Gasteiger partial charge in [0.05, 0.1) is 24.8 Å². The molecule has 11 heteroatoms. The van der Waals surface area contributed by atoms with Gasteiger partial charge in [0.15, 0.2) is 5.65 Å². The third-order valence-corrected chi connectivity index (χ3v) is 7.01. The molecule has 1 aromatic carbocycles. The highest BCUT2D eigenvalue weighted by molar-refractivity contribution is 5.77. The Morgan fingerprint density at radius 3 is 2.75 bits per heavy atom. The van der Waals surface area contributed by atoms with E-state index in [4.69, 9.17) is 4.98 Å². The van der Waals surface area contributed by atoms with Crippen molar-refractivity contribution < 1.29 is 8.78 Å². The number of nitrogens with one attached hydrogen (secondary N) is 2. The molecular weight excluding hydrogens is 466 g/mol. The standard InChI is InChI=1S/C25H24F2N8O/c26-25(27)13-33(14-25)21-10-19(6-8-29-21)34-22-20(23(36)35(34)18-3-4-18)12-30-24(32-22)31-17-2-1-15-5-7-28-11-16(15)9-17/h1-2,6,8-10,12,18,28H,3-5,7,11,13-14H2,(H,30,31,32). The average molecular weight is 491 g/mol. The van der Waals surface area contributed by atoms with Crippen molar-refractivity contribution in [1.29, 1.82) is 0 Å². The smallest absolute Gasteiger partial charge is 0.282 e. The summed E-state index contributed by atoms with van der Waals surface area (Å²) in [5.41, 5.74) is 4.41. The number of fused-ring (bicyclic) bond motifs is 2. The Balaban J connectivity index is 1.30. The van der Waals surface area contributed by atoms with Crippen molar-refractivity contribution in [3.8, 4) is 5.69 Å². The molecule has 0 bridgehead atoms. The number of hydrogen-bond acceptors (Lipinski definition) is 7. The first kappa shape index (κ1) is 21.4. The molecule has 2 aliphatic heterocycles. The molecule has 1 saturated heterocycles. The van der Waals surface area contributed by atoms with Crippen LogP contribution < -0.4 is 21.1 Å². The highest BCUT2D eigenvalue weighted by atomic mass is 19.3. The summed E-state index contributed by atoms with van der Waals surface area (Å²) in [4.78, 5) is 28.3. The summed E-state index contributed by atoms with van der Waals surface area (Å²) in [5, 5.41) is 7.07. The molecule has 0 atom stereocenters. The number of halogens is 2. The van der Waals surface area contributed by atoms with Crippen LogP contribution in [0.1, 0.15) is 30.0 Å². The summed E-state index contributed by atoms with van der Waals surface area (Å²) >= 11 is 0. The third kappa shape index (κ3) is 3.62. The summed E-state index contributed by atoms with van der Waals surface area (Å²) in [6, 6.07) is 9.80. The molecule has 3 aliphatic rings. The maximum absolute atomic E-state index is 13.5. The number of rotatable bonds is 5. The molecule has 4 aromatic rings. The molecule has 36 heavy (non-hydrogen) atoms. The minimum atomic E-state index is -2.70. The van der Waals surface area contributed by atoms with E-state index in [1.807, 2.05) is 6.07 Å². The van der Waals surface area contributed by atoms with Gasteiger partial charge in [-0.15, -0.1) is 0 Å². The van der Waals surface area contributed by atoms with E-state index in [0.29, 0.717) is 28.5 Å². The molecule has 2 N–H and O–H groups in total. The largest absolute Gasteiger partial charge is 0.344 e. The first-order valence-corrected chi connectivity index (χ1v) is 12.1. The van der Waals surface area contributed by atoms with Crippen LogP contribution in [0.5, 0.6) is 0 Å². The Morgan fingerprint density at radius 1 is 1.08 bits per heavy atom. The van der Waals surface area contributed by atoms with Gasteiger partial charge < -0.3 is 15.5 Å². The molecule has 0 unspecified atom stereocenters. The lowest BCUT2D eigenvalue weighted by atomic mass is 10.0. The fourth-order valence-corrected chi connectivity index (χ4v) is 5.03. The van der Waals surface area contributed by atoms with Gasteiger partial charge in [0.1, 0.15) is 11.2 Å². The minimum absolute atomic E-state index is 0.0706. The summed E-state index contributed by atoms with van der Waals surface area (Å²) in [7, 11) is 0. The van der Waals surface area contributed by atoms with Crippen molar-refractivity contribution in [3.63, 3.8) is 0 Å². The first-order valence-electron chi connectivity index (χ1n) is 12.1. The number of hydrogen-bond donors (Lipinski definition) is 2. The van der Waals surface area contributed by atoms with Crippen LogP contribution in [0.4, 0.5) is 26.2 Å². The van der Waals surface area contributed by atoms with Gasteiger partial charge in [-0.05, 0) is 55.1 Å². The van der Waals surface area contributed by atoms with Crippen LogP contribution in [0, 0.1) is 0 Å². The monoisotopic (exact) mass is 490 g/mol. The molecular formula is C25H24F2N8O. The second-order valence-corrected chi connectivity index (χ2v) is 9.74. The minimum Gasteiger partial charge on any atom is -0.344 e. The van der Waals surface area contributed by atoms with Crippen LogP contribution in [0.2, 0.25) is 0 Å². The quantitative estimate of drug-likeness (QED) is 0.444. The lowest BCUT2D eigenvalue weighted by Crippen LogP contribution is -2.56. The zero-order valence-electron chi connectivity index (χ0n) is 19.4. The lowest BCUT2D eigenvalue weighted by Gasteiger charge is -2.39. The highest BCUT2D eigenvalue weighted by Crippen LogP contribution is 2.36. The molecule has 0 amide bonds. The van der Waals surface area contributed by atoms with Crippen molar-refractivity contribution in [2.24, 2.45) is 0 Å². The Bertz CT molecular complexity index is 1550. The van der Waals surface area contributed by atoms with Gasteiger partial charge in [-0.1, -0.05) is 6.07 Å². The molecule has 2 fully saturated rings. The molecule has 0 radical (unpaired) electrons. The van der Waals surface area contributed by atoms with E-state index in [1.165, 1.54) is 16.0 Å². The number of benzene rings is 1. The van der Waals surface area contributed by atoms with Crippen LogP contribution in [-0.4, -0.2) is 49.9 Å². The molecule has 0 spiro atoms. The SMILES string of the molecule is O=c1c2cnc(Nc3ccc4c(c3)CNCC4)nc2n(-c2ccnc(N3CC(F)(F)C3)c2)n1C1CC1. The number of pyridine rings is 1. The van der Waals surface area contributed by atoms with E-state index in [2.05, 4.69) is 32.7 Å². The summed E-state index contributed by atoms with van der Waals surface area (Å²) in [6.07, 6.45) is 5.93. The van der Waals surface area contributed by atoms with E-state index in [-0.39, 0.29) is 24.7 Å². The second kappa shape index (κ2) is 7.82. The van der Waals surface area contributed by atoms with E-state index in [1.54, 1.807) is 33.9 Å². The zero-order valence-corrected chi connectivity index (χ0v) is 19.4. The van der Waals surface area contributed by atoms with Gasteiger partial charge in [0.25, 0.3) is 11.5 Å². The molecule has 184 valence electrons. The second-order valence-electron chi connectivity index (χ2n) is 9.74. The van der Waals surface area contributed by atoms with Crippen molar-refractivity contribution in [1.82, 2.24) is 29.6 Å². The normalized spacial score (nSPS) is 18.7. The van der Waals surface area contributed by atoms with E-state index in [0.717, 1.165) is 38.0 Å². The number of anilines is 3. The topological polar surface area (TPSA) is 92.9 Å². The summed E-state index contributed by atoms with van der Waals surface area (Å²) < 4.78 is 30.4. The maximum Gasteiger partial charge on any atom is 0.282 e. The van der Waals surface area contributed by atoms with Crippen molar-refractivity contribution in [3.05, 3.63) is 64.2 Å². The lowest BCUT2D eigenvalue weighted by molar-refractivity contribution is -0.0267. The molecule has 7 rings (SSSR count). The molecule has 1 aliphatic carbocycles. The average Bonchev–Trinajstić information content (AvgIpc) is 3.66. The maximum atomic E-state index is 13.5. The van der Waals surface area contributed by atoms with Crippen LogP contribution in [0.3, 0.4) is 0 Å². The third-order valence-electron chi connectivity index (χ3n) is 7.01. The van der Waals surface area contributed by atoms with Crippen LogP contribution >= 0.6 is 0 Å². The van der Waals surface area contributed by atoms with E-state index >= 15 is 0 Å². The Morgan fingerprint density at radius 2 is 1.94 bits per heavy atom. The predicted octanol–water partition coefficient (Wildman–Crippen LogP) is 3.16. The molecule has 1 saturated carbocycles. The van der Waals surface area contributed by atoms with E-state index in [9.17, 15) is 13.6 Å². The fraction of sp³-hybridized carbons (Fsp3) is 0.360. The van der Waals surface area contributed by atoms with Crippen molar-refractivity contribution in [2.45, 2.75) is 37.8 Å². The number of alkyl halides is 2.